The lowest BCUT2D eigenvalue weighted by molar-refractivity contribution is 0.398. The summed E-state index contributed by atoms with van der Waals surface area (Å²) in [5.74, 6) is 0.623. The Hall–Kier alpha value is -2.07. The van der Waals surface area contributed by atoms with Gasteiger partial charge in [-0.3, -0.25) is 0 Å². The fourth-order valence-electron chi connectivity index (χ4n) is 2.01. The number of ether oxygens (including phenoxy) is 1. The highest BCUT2D eigenvalue weighted by Gasteiger charge is 1.99. The molecule has 0 atom stereocenters. The van der Waals surface area contributed by atoms with Crippen LogP contribution in [0.1, 0.15) is 11.3 Å². The lowest BCUT2D eigenvalue weighted by Crippen LogP contribution is -1.86. The van der Waals surface area contributed by atoms with Crippen LogP contribution in [0.4, 0.5) is 0 Å². The third-order valence-electron chi connectivity index (χ3n) is 3.03. The molecule has 3 rings (SSSR count). The lowest BCUT2D eigenvalue weighted by Gasteiger charge is -1.97. The van der Waals surface area contributed by atoms with Crippen molar-refractivity contribution in [1.82, 2.24) is 9.97 Å². The van der Waals surface area contributed by atoms with Gasteiger partial charge in [-0.2, -0.15) is 0 Å². The Morgan fingerprint density at radius 2 is 2.05 bits per heavy atom. The summed E-state index contributed by atoms with van der Waals surface area (Å²) in [5.41, 5.74) is 3.21. The number of rotatable bonds is 3. The molecule has 2 heterocycles. The number of H-pyrrole nitrogens is 1. The monoisotopic (exact) mass is 328 g/mol. The van der Waals surface area contributed by atoms with Gasteiger partial charge in [0.05, 0.1) is 7.11 Å². The van der Waals surface area contributed by atoms with Crippen molar-refractivity contribution in [3.05, 3.63) is 58.3 Å². The fourth-order valence-corrected chi connectivity index (χ4v) is 2.37. The van der Waals surface area contributed by atoms with Gasteiger partial charge in [-0.15, -0.1) is 0 Å². The molecule has 3 aromatic rings. The van der Waals surface area contributed by atoms with E-state index in [1.807, 2.05) is 30.4 Å². The normalized spacial score (nSPS) is 11.3. The summed E-state index contributed by atoms with van der Waals surface area (Å²) in [7, 11) is 1.61. The minimum atomic E-state index is 0.623. The van der Waals surface area contributed by atoms with Gasteiger partial charge in [0.25, 0.3) is 0 Å². The molecule has 4 heteroatoms. The minimum Gasteiger partial charge on any atom is -0.481 e. The number of benzene rings is 1. The van der Waals surface area contributed by atoms with Crippen molar-refractivity contribution < 1.29 is 4.74 Å². The summed E-state index contributed by atoms with van der Waals surface area (Å²) in [4.78, 5) is 7.54. The van der Waals surface area contributed by atoms with E-state index >= 15 is 0 Å². The summed E-state index contributed by atoms with van der Waals surface area (Å²) in [6, 6.07) is 12.1. The van der Waals surface area contributed by atoms with Crippen LogP contribution in [0.15, 0.2) is 47.1 Å². The Balaban J connectivity index is 1.85. The average molecular weight is 329 g/mol. The van der Waals surface area contributed by atoms with Gasteiger partial charge in [0.2, 0.25) is 5.88 Å². The molecule has 100 valence electrons. The number of nitrogens with zero attached hydrogens (tertiary/aromatic N) is 1. The smallest absolute Gasteiger partial charge is 0.212 e. The van der Waals surface area contributed by atoms with Gasteiger partial charge >= 0.3 is 0 Å². The molecule has 1 N–H and O–H groups in total. The van der Waals surface area contributed by atoms with Gasteiger partial charge in [0, 0.05) is 33.3 Å². The number of pyridine rings is 1. The van der Waals surface area contributed by atoms with E-state index in [2.05, 4.69) is 44.1 Å². The molecule has 0 aliphatic rings. The van der Waals surface area contributed by atoms with Gasteiger partial charge < -0.3 is 9.72 Å². The quantitative estimate of drug-likeness (QED) is 0.768. The number of hydrogen-bond donors (Lipinski definition) is 1. The van der Waals surface area contributed by atoms with Gasteiger partial charge in [-0.05, 0) is 35.9 Å². The number of aromatic nitrogens is 2. The van der Waals surface area contributed by atoms with Gasteiger partial charge in [0.1, 0.15) is 0 Å². The second-order valence-electron chi connectivity index (χ2n) is 4.42. The maximum atomic E-state index is 5.04. The van der Waals surface area contributed by atoms with E-state index < -0.39 is 0 Å². The van der Waals surface area contributed by atoms with E-state index in [0.29, 0.717) is 5.88 Å². The summed E-state index contributed by atoms with van der Waals surface area (Å²) in [6.45, 7) is 0. The molecule has 0 unspecified atom stereocenters. The zero-order valence-electron chi connectivity index (χ0n) is 10.9. The number of nitrogens with one attached hydrogen (secondary N) is 1. The minimum absolute atomic E-state index is 0.623. The van der Waals surface area contributed by atoms with Crippen molar-refractivity contribution in [2.24, 2.45) is 0 Å². The second kappa shape index (κ2) is 5.51. The molecule has 0 spiro atoms. The standard InChI is InChI=1S/C16H13BrN2O/c1-20-16-7-3-11(10-18-16)2-6-14-8-12-4-5-13(17)9-15(12)19-14/h2-10,19H,1H3. The number of fused-ring (bicyclic) bond motifs is 1. The number of aromatic amines is 1. The van der Waals surface area contributed by atoms with E-state index in [1.54, 1.807) is 13.3 Å². The first-order valence-electron chi connectivity index (χ1n) is 6.21. The van der Waals surface area contributed by atoms with E-state index in [9.17, 15) is 0 Å². The van der Waals surface area contributed by atoms with Crippen LogP contribution < -0.4 is 4.74 Å². The van der Waals surface area contributed by atoms with Gasteiger partial charge in [0.15, 0.2) is 0 Å². The van der Waals surface area contributed by atoms with Crippen LogP contribution in [0.25, 0.3) is 23.1 Å². The van der Waals surface area contributed by atoms with Crippen molar-refractivity contribution in [3.63, 3.8) is 0 Å². The zero-order valence-corrected chi connectivity index (χ0v) is 12.5. The molecular weight excluding hydrogens is 316 g/mol. The molecular formula is C16H13BrN2O. The van der Waals surface area contributed by atoms with Crippen LogP contribution in [-0.4, -0.2) is 17.1 Å². The Morgan fingerprint density at radius 1 is 1.15 bits per heavy atom. The molecule has 0 amide bonds. The third kappa shape index (κ3) is 2.75. The maximum absolute atomic E-state index is 5.04. The zero-order chi connectivity index (χ0) is 13.9. The molecule has 0 saturated heterocycles. The highest BCUT2D eigenvalue weighted by molar-refractivity contribution is 9.10. The predicted octanol–water partition coefficient (Wildman–Crippen LogP) is 4.50. The molecule has 0 aliphatic carbocycles. The van der Waals surface area contributed by atoms with E-state index in [1.165, 1.54) is 5.39 Å². The van der Waals surface area contributed by atoms with Crippen molar-refractivity contribution in [3.8, 4) is 5.88 Å². The predicted molar refractivity (Wildman–Crippen MR) is 85.7 cm³/mol. The maximum Gasteiger partial charge on any atom is 0.212 e. The summed E-state index contributed by atoms with van der Waals surface area (Å²) < 4.78 is 6.11. The summed E-state index contributed by atoms with van der Waals surface area (Å²) >= 11 is 3.47. The first-order valence-corrected chi connectivity index (χ1v) is 7.00. The molecule has 0 aliphatic heterocycles. The van der Waals surface area contributed by atoms with Crippen LogP contribution >= 0.6 is 15.9 Å². The first kappa shape index (κ1) is 12.9. The topological polar surface area (TPSA) is 37.9 Å². The van der Waals surface area contributed by atoms with Crippen molar-refractivity contribution in [2.75, 3.05) is 7.11 Å². The summed E-state index contributed by atoms with van der Waals surface area (Å²) in [5, 5.41) is 1.20. The van der Waals surface area contributed by atoms with Crippen LogP contribution in [0.3, 0.4) is 0 Å². The highest BCUT2D eigenvalue weighted by atomic mass is 79.9. The third-order valence-corrected chi connectivity index (χ3v) is 3.52. The van der Waals surface area contributed by atoms with E-state index in [4.69, 9.17) is 4.74 Å². The van der Waals surface area contributed by atoms with E-state index in [-0.39, 0.29) is 0 Å². The Kier molecular flexibility index (Phi) is 3.56. The first-order chi connectivity index (χ1) is 9.74. The number of hydrogen-bond acceptors (Lipinski definition) is 2. The molecule has 0 bridgehead atoms. The Labute approximate surface area is 125 Å². The molecule has 2 aromatic heterocycles. The molecule has 3 nitrogen and oxygen atoms in total. The number of halogens is 1. The molecule has 0 saturated carbocycles. The average Bonchev–Trinajstić information content (AvgIpc) is 2.87. The second-order valence-corrected chi connectivity index (χ2v) is 5.34. The molecule has 0 radical (unpaired) electrons. The highest BCUT2D eigenvalue weighted by Crippen LogP contribution is 2.21. The Morgan fingerprint density at radius 3 is 2.80 bits per heavy atom. The summed E-state index contributed by atoms with van der Waals surface area (Å²) in [6.07, 6.45) is 5.85. The largest absolute Gasteiger partial charge is 0.481 e. The molecule has 20 heavy (non-hydrogen) atoms. The molecule has 0 fully saturated rings. The fraction of sp³-hybridized carbons (Fsp3) is 0.0625. The van der Waals surface area contributed by atoms with Crippen LogP contribution in [0.5, 0.6) is 5.88 Å². The Bertz CT molecular complexity index is 760. The SMILES string of the molecule is COc1ccc(C=Cc2cc3ccc(Br)cc3[nH]2)cn1. The van der Waals surface area contributed by atoms with Crippen LogP contribution in [-0.2, 0) is 0 Å². The van der Waals surface area contributed by atoms with E-state index in [0.717, 1.165) is 21.2 Å². The van der Waals surface area contributed by atoms with Gasteiger partial charge in [-0.1, -0.05) is 28.1 Å². The van der Waals surface area contributed by atoms with Crippen LogP contribution in [0.2, 0.25) is 0 Å². The van der Waals surface area contributed by atoms with Gasteiger partial charge in [-0.25, -0.2) is 4.98 Å². The van der Waals surface area contributed by atoms with Crippen LogP contribution in [0, 0.1) is 0 Å². The number of methoxy groups -OCH3 is 1. The van der Waals surface area contributed by atoms with Crippen molar-refractivity contribution in [1.29, 1.82) is 0 Å². The lowest BCUT2D eigenvalue weighted by atomic mass is 10.2. The van der Waals surface area contributed by atoms with Crippen molar-refractivity contribution in [2.45, 2.75) is 0 Å². The molecule has 1 aromatic carbocycles. The van der Waals surface area contributed by atoms with Crippen molar-refractivity contribution >= 4 is 39.0 Å².